The fraction of sp³-hybridized carbons (Fsp3) is 0.136. The number of nitrogen functional groups attached to an aromatic ring is 1. The molecule has 0 atom stereocenters. The van der Waals surface area contributed by atoms with Crippen LogP contribution in [0.15, 0.2) is 146 Å². The Bertz CT molecular complexity index is 2470. The van der Waals surface area contributed by atoms with Gasteiger partial charge >= 0.3 is 12.4 Å². The van der Waals surface area contributed by atoms with Gasteiger partial charge in [-0.2, -0.15) is 26.3 Å². The first kappa shape index (κ1) is 47.6. The van der Waals surface area contributed by atoms with E-state index in [1.54, 1.807) is 48.5 Å². The number of halogens is 7. The summed E-state index contributed by atoms with van der Waals surface area (Å²) in [6, 6.07) is 33.3. The molecule has 1 saturated heterocycles. The first-order valence-corrected chi connectivity index (χ1v) is 18.6. The third-order valence-corrected chi connectivity index (χ3v) is 8.78. The van der Waals surface area contributed by atoms with Crippen molar-refractivity contribution in [2.24, 2.45) is 0 Å². The molecule has 1 heterocycles. The molecule has 18 heteroatoms. The molecule has 7 rings (SSSR count). The highest BCUT2D eigenvalue weighted by atomic mass is 35.5. The van der Waals surface area contributed by atoms with E-state index in [9.17, 15) is 56.2 Å². The SMILES string of the molecule is C1CCOC1.Nc1cccc([N+](=O)[O-])c1.O=C(Cl)c1ccccc1-c1ccc(C(F)(F)F)cc1.O=C(Nc1cccc([N+](=O)[O-])c1)c1ccccc1-c1ccc(C(F)(F)F)cc1. The minimum Gasteiger partial charge on any atom is -0.399 e. The maximum Gasteiger partial charge on any atom is 0.416 e. The molecule has 62 heavy (non-hydrogen) atoms. The second kappa shape index (κ2) is 21.9. The molecule has 1 amide bonds. The Morgan fingerprint density at radius 1 is 0.597 bits per heavy atom. The minimum atomic E-state index is -4.45. The number of nitrogens with one attached hydrogen (secondary N) is 1. The van der Waals surface area contributed by atoms with Crippen LogP contribution in [-0.4, -0.2) is 34.2 Å². The molecule has 322 valence electrons. The molecule has 0 unspecified atom stereocenters. The Hall–Kier alpha value is -7.11. The second-order valence-corrected chi connectivity index (χ2v) is 13.3. The van der Waals surface area contributed by atoms with Gasteiger partial charge in [-0.05, 0) is 95.2 Å². The van der Waals surface area contributed by atoms with E-state index in [2.05, 4.69) is 5.32 Å². The number of nitrogens with zero attached hydrogens (tertiary/aromatic N) is 2. The van der Waals surface area contributed by atoms with Crippen LogP contribution in [0.3, 0.4) is 0 Å². The van der Waals surface area contributed by atoms with Crippen molar-refractivity contribution in [3.63, 3.8) is 0 Å². The van der Waals surface area contributed by atoms with Crippen molar-refractivity contribution in [1.82, 2.24) is 0 Å². The van der Waals surface area contributed by atoms with E-state index in [1.165, 1.54) is 85.6 Å². The number of hydrogen-bond donors (Lipinski definition) is 2. The smallest absolute Gasteiger partial charge is 0.399 e. The number of nitrogens with two attached hydrogens (primary N) is 1. The van der Waals surface area contributed by atoms with Crippen LogP contribution in [-0.2, 0) is 17.1 Å². The van der Waals surface area contributed by atoms with Gasteiger partial charge in [0.15, 0.2) is 0 Å². The lowest BCUT2D eigenvalue weighted by Crippen LogP contribution is -2.13. The number of alkyl halides is 6. The standard InChI is InChI=1S/C20H13F3N2O3.C14H8ClF3O.C6H6N2O2.C4H8O/c21-20(22,23)14-10-8-13(9-11-14)17-6-1-2-7-18(17)19(26)24-15-4-3-5-16(12-15)25(27)28;15-13(19)12-4-2-1-3-11(12)9-5-7-10(8-6-9)14(16,17)18;7-5-2-1-3-6(4-5)8(9)10;1-2-4-5-3-1/h1-12H,(H,24,26);1-8H;1-4H,7H2;1-4H2. The Morgan fingerprint density at radius 2 is 1.03 bits per heavy atom. The van der Waals surface area contributed by atoms with Crippen molar-refractivity contribution in [3.8, 4) is 22.3 Å². The zero-order valence-electron chi connectivity index (χ0n) is 32.2. The largest absolute Gasteiger partial charge is 0.416 e. The van der Waals surface area contributed by atoms with Gasteiger partial charge in [-0.3, -0.25) is 29.8 Å². The number of non-ortho nitro benzene ring substituents is 2. The Morgan fingerprint density at radius 3 is 1.44 bits per heavy atom. The number of carbonyl (C=O) groups is 2. The summed E-state index contributed by atoms with van der Waals surface area (Å²) >= 11 is 5.44. The highest BCUT2D eigenvalue weighted by molar-refractivity contribution is 6.68. The van der Waals surface area contributed by atoms with Crippen LogP contribution in [0.4, 0.5) is 49.1 Å². The van der Waals surface area contributed by atoms with Gasteiger partial charge in [0.25, 0.3) is 22.5 Å². The van der Waals surface area contributed by atoms with Gasteiger partial charge in [0.2, 0.25) is 0 Å². The lowest BCUT2D eigenvalue weighted by Gasteiger charge is -2.12. The molecule has 11 nitrogen and oxygen atoms in total. The lowest BCUT2D eigenvalue weighted by molar-refractivity contribution is -0.385. The van der Waals surface area contributed by atoms with E-state index in [-0.39, 0.29) is 28.2 Å². The average molecular weight is 881 g/mol. The highest BCUT2D eigenvalue weighted by Gasteiger charge is 2.31. The van der Waals surface area contributed by atoms with E-state index in [0.29, 0.717) is 27.9 Å². The summed E-state index contributed by atoms with van der Waals surface area (Å²) in [4.78, 5) is 43.8. The normalized spacial score (nSPS) is 11.9. The number of carbonyl (C=O) groups excluding carboxylic acids is 2. The Labute approximate surface area is 355 Å². The number of hydrogen-bond acceptors (Lipinski definition) is 8. The molecule has 6 aromatic rings. The summed E-state index contributed by atoms with van der Waals surface area (Å²) in [5.74, 6) is -0.531. The van der Waals surface area contributed by atoms with Crippen LogP contribution in [0.1, 0.15) is 44.7 Å². The van der Waals surface area contributed by atoms with Gasteiger partial charge < -0.3 is 15.8 Å². The number of benzene rings is 6. The zero-order chi connectivity index (χ0) is 45.5. The van der Waals surface area contributed by atoms with E-state index in [4.69, 9.17) is 22.1 Å². The zero-order valence-corrected chi connectivity index (χ0v) is 32.9. The molecule has 6 aromatic carbocycles. The van der Waals surface area contributed by atoms with Crippen LogP contribution in [0.25, 0.3) is 22.3 Å². The van der Waals surface area contributed by atoms with Crippen LogP contribution >= 0.6 is 11.6 Å². The van der Waals surface area contributed by atoms with Crippen LogP contribution in [0, 0.1) is 20.2 Å². The number of nitro groups is 2. The fourth-order valence-corrected chi connectivity index (χ4v) is 5.73. The van der Waals surface area contributed by atoms with Crippen molar-refractivity contribution in [3.05, 3.63) is 188 Å². The van der Waals surface area contributed by atoms with Gasteiger partial charge in [-0.15, -0.1) is 0 Å². The van der Waals surface area contributed by atoms with Gasteiger partial charge in [0.05, 0.1) is 21.0 Å². The van der Waals surface area contributed by atoms with E-state index in [0.717, 1.165) is 37.5 Å². The predicted molar refractivity (Wildman–Crippen MR) is 223 cm³/mol. The Balaban J connectivity index is 0.000000212. The summed E-state index contributed by atoms with van der Waals surface area (Å²) in [5.41, 5.74) is 6.69. The molecule has 0 aliphatic carbocycles. The third kappa shape index (κ3) is 14.3. The topological polar surface area (TPSA) is 168 Å². The minimum absolute atomic E-state index is 0.0278. The van der Waals surface area contributed by atoms with Crippen molar-refractivity contribution < 1.29 is 50.5 Å². The van der Waals surface area contributed by atoms with E-state index >= 15 is 0 Å². The van der Waals surface area contributed by atoms with Crippen LogP contribution in [0.2, 0.25) is 0 Å². The number of rotatable bonds is 7. The molecule has 1 aliphatic rings. The first-order chi connectivity index (χ1) is 29.3. The van der Waals surface area contributed by atoms with Crippen molar-refractivity contribution in [1.29, 1.82) is 0 Å². The van der Waals surface area contributed by atoms with E-state index in [1.807, 2.05) is 0 Å². The lowest BCUT2D eigenvalue weighted by atomic mass is 9.98. The highest BCUT2D eigenvalue weighted by Crippen LogP contribution is 2.34. The molecule has 0 bridgehead atoms. The fourth-order valence-electron chi connectivity index (χ4n) is 5.56. The van der Waals surface area contributed by atoms with Crippen molar-refractivity contribution in [2.75, 3.05) is 24.3 Å². The monoisotopic (exact) mass is 880 g/mol. The number of anilines is 2. The maximum atomic E-state index is 12.7. The number of nitro benzene ring substituents is 2. The average Bonchev–Trinajstić information content (AvgIpc) is 3.85. The molecular formula is C44H35ClF6N4O7. The van der Waals surface area contributed by atoms with Crippen molar-refractivity contribution >= 4 is 45.5 Å². The summed E-state index contributed by atoms with van der Waals surface area (Å²) in [6.07, 6.45) is -6.27. The van der Waals surface area contributed by atoms with Gasteiger partial charge in [-0.25, -0.2) is 0 Å². The molecule has 1 aliphatic heterocycles. The van der Waals surface area contributed by atoms with E-state index < -0.39 is 44.5 Å². The number of amides is 1. The molecule has 0 aromatic heterocycles. The van der Waals surface area contributed by atoms with Crippen molar-refractivity contribution in [2.45, 2.75) is 25.2 Å². The summed E-state index contributed by atoms with van der Waals surface area (Å²) in [7, 11) is 0. The van der Waals surface area contributed by atoms with Crippen LogP contribution < -0.4 is 11.1 Å². The quantitative estimate of drug-likeness (QED) is 0.0525. The Kier molecular flexibility index (Phi) is 16.8. The molecule has 3 N–H and O–H groups in total. The number of ether oxygens (including phenoxy) is 1. The van der Waals surface area contributed by atoms with Gasteiger partial charge in [0, 0.05) is 60.0 Å². The van der Waals surface area contributed by atoms with Crippen LogP contribution in [0.5, 0.6) is 0 Å². The van der Waals surface area contributed by atoms with Gasteiger partial charge in [-0.1, -0.05) is 72.8 Å². The molecule has 0 spiro atoms. The molecule has 1 fully saturated rings. The maximum absolute atomic E-state index is 12.7. The molecule has 0 saturated carbocycles. The van der Waals surface area contributed by atoms with Gasteiger partial charge in [0.1, 0.15) is 0 Å². The second-order valence-electron chi connectivity index (χ2n) is 12.9. The molecule has 0 radical (unpaired) electrons. The predicted octanol–water partition coefficient (Wildman–Crippen LogP) is 12.3. The molecular weight excluding hydrogens is 846 g/mol. The summed E-state index contributed by atoms with van der Waals surface area (Å²) in [6.45, 7) is 2.00. The summed E-state index contributed by atoms with van der Waals surface area (Å²) in [5, 5.41) is 22.9. The first-order valence-electron chi connectivity index (χ1n) is 18.2. The third-order valence-electron chi connectivity index (χ3n) is 8.58. The summed E-state index contributed by atoms with van der Waals surface area (Å²) < 4.78 is 80.6.